The van der Waals surface area contributed by atoms with Crippen molar-refractivity contribution >= 4 is 10.0 Å². The predicted octanol–water partition coefficient (Wildman–Crippen LogP) is 1.35. The molecule has 104 valence electrons. The van der Waals surface area contributed by atoms with Crippen LogP contribution in [0.15, 0.2) is 16.5 Å². The van der Waals surface area contributed by atoms with Crippen LogP contribution < -0.4 is 5.32 Å². The Hall–Kier alpha value is -0.850. The smallest absolute Gasteiger partial charge is 0.215 e. The van der Waals surface area contributed by atoms with E-state index in [0.29, 0.717) is 18.3 Å². The molecule has 0 spiro atoms. The molecule has 0 radical (unpaired) electrons. The lowest BCUT2D eigenvalue weighted by Gasteiger charge is -2.16. The standard InChI is InChI=1S/C12H22N2O3S/c1-10(2)13-7-8-18(15,16)14(4)9-12-6-5-11(3)17-12/h5-6,10,13H,7-9H2,1-4H3. The van der Waals surface area contributed by atoms with E-state index in [1.165, 1.54) is 4.31 Å². The maximum absolute atomic E-state index is 12.0. The third-order valence-electron chi connectivity index (χ3n) is 2.56. The zero-order valence-electron chi connectivity index (χ0n) is 11.4. The summed E-state index contributed by atoms with van der Waals surface area (Å²) >= 11 is 0. The number of nitrogens with zero attached hydrogens (tertiary/aromatic N) is 1. The summed E-state index contributed by atoms with van der Waals surface area (Å²) in [4.78, 5) is 0. The monoisotopic (exact) mass is 274 g/mol. The number of sulfonamides is 1. The highest BCUT2D eigenvalue weighted by Gasteiger charge is 2.18. The first kappa shape index (κ1) is 15.2. The van der Waals surface area contributed by atoms with E-state index >= 15 is 0 Å². The summed E-state index contributed by atoms with van der Waals surface area (Å²) in [5.41, 5.74) is 0. The molecule has 0 aromatic carbocycles. The molecule has 0 unspecified atom stereocenters. The number of rotatable bonds is 7. The third kappa shape index (κ3) is 4.80. The Kier molecular flexibility index (Phi) is 5.37. The van der Waals surface area contributed by atoms with Crippen LogP contribution in [0.4, 0.5) is 0 Å². The number of hydrogen-bond acceptors (Lipinski definition) is 4. The van der Waals surface area contributed by atoms with Crippen LogP contribution in [0.1, 0.15) is 25.4 Å². The lowest BCUT2D eigenvalue weighted by Crippen LogP contribution is -2.35. The van der Waals surface area contributed by atoms with Crippen molar-refractivity contribution in [1.29, 1.82) is 0 Å². The molecule has 0 fully saturated rings. The SMILES string of the molecule is Cc1ccc(CN(C)S(=O)(=O)CCNC(C)C)o1. The lowest BCUT2D eigenvalue weighted by molar-refractivity contribution is 0.396. The van der Waals surface area contributed by atoms with Gasteiger partial charge in [-0.3, -0.25) is 0 Å². The van der Waals surface area contributed by atoms with E-state index in [1.54, 1.807) is 13.1 Å². The van der Waals surface area contributed by atoms with E-state index in [1.807, 2.05) is 26.8 Å². The van der Waals surface area contributed by atoms with E-state index in [0.717, 1.165) is 5.76 Å². The molecule has 0 atom stereocenters. The minimum absolute atomic E-state index is 0.0986. The maximum Gasteiger partial charge on any atom is 0.215 e. The van der Waals surface area contributed by atoms with Crippen LogP contribution in [0.3, 0.4) is 0 Å². The molecule has 0 aliphatic rings. The Morgan fingerprint density at radius 1 is 1.39 bits per heavy atom. The molecular formula is C12H22N2O3S. The number of aryl methyl sites for hydroxylation is 1. The molecule has 1 N–H and O–H groups in total. The molecule has 1 aromatic heterocycles. The first-order valence-corrected chi connectivity index (χ1v) is 7.65. The number of hydrogen-bond donors (Lipinski definition) is 1. The molecule has 0 aliphatic heterocycles. The van der Waals surface area contributed by atoms with Crippen molar-refractivity contribution < 1.29 is 12.8 Å². The Morgan fingerprint density at radius 3 is 2.56 bits per heavy atom. The summed E-state index contributed by atoms with van der Waals surface area (Å²) in [7, 11) is -1.66. The van der Waals surface area contributed by atoms with Crippen LogP contribution in [0.5, 0.6) is 0 Å². The fourth-order valence-corrected chi connectivity index (χ4v) is 2.53. The zero-order valence-corrected chi connectivity index (χ0v) is 12.3. The first-order chi connectivity index (χ1) is 8.31. The fraction of sp³-hybridized carbons (Fsp3) is 0.667. The van der Waals surface area contributed by atoms with Gasteiger partial charge in [-0.25, -0.2) is 8.42 Å². The fourth-order valence-electron chi connectivity index (χ4n) is 1.52. The largest absolute Gasteiger partial charge is 0.465 e. The van der Waals surface area contributed by atoms with E-state index in [4.69, 9.17) is 4.42 Å². The van der Waals surface area contributed by atoms with Crippen LogP contribution in [-0.4, -0.2) is 38.1 Å². The summed E-state index contributed by atoms with van der Waals surface area (Å²) in [6, 6.07) is 3.92. The highest BCUT2D eigenvalue weighted by atomic mass is 32.2. The van der Waals surface area contributed by atoms with Crippen LogP contribution in [0.25, 0.3) is 0 Å². The topological polar surface area (TPSA) is 62.6 Å². The van der Waals surface area contributed by atoms with Crippen molar-refractivity contribution in [2.24, 2.45) is 0 Å². The molecule has 1 rings (SSSR count). The van der Waals surface area contributed by atoms with E-state index in [2.05, 4.69) is 5.32 Å². The zero-order chi connectivity index (χ0) is 13.8. The molecule has 0 saturated carbocycles. The van der Waals surface area contributed by atoms with Gasteiger partial charge in [0.25, 0.3) is 0 Å². The summed E-state index contributed by atoms with van der Waals surface area (Å²) in [5.74, 6) is 1.55. The minimum atomic E-state index is -3.23. The molecule has 0 bridgehead atoms. The molecule has 0 saturated heterocycles. The van der Waals surface area contributed by atoms with Crippen molar-refractivity contribution in [3.05, 3.63) is 23.7 Å². The van der Waals surface area contributed by atoms with Crippen LogP contribution in [0, 0.1) is 6.92 Å². The van der Waals surface area contributed by atoms with Gasteiger partial charge in [-0.05, 0) is 19.1 Å². The van der Waals surface area contributed by atoms with Gasteiger partial charge in [0.15, 0.2) is 0 Å². The Morgan fingerprint density at radius 2 is 2.06 bits per heavy atom. The van der Waals surface area contributed by atoms with Gasteiger partial charge in [0.1, 0.15) is 11.5 Å². The van der Waals surface area contributed by atoms with Gasteiger partial charge < -0.3 is 9.73 Å². The van der Waals surface area contributed by atoms with E-state index in [9.17, 15) is 8.42 Å². The second-order valence-corrected chi connectivity index (χ2v) is 6.89. The van der Waals surface area contributed by atoms with Crippen molar-refractivity contribution in [3.8, 4) is 0 Å². The summed E-state index contributed by atoms with van der Waals surface area (Å²) < 4.78 is 30.6. The molecule has 18 heavy (non-hydrogen) atoms. The van der Waals surface area contributed by atoms with Gasteiger partial charge in [0.2, 0.25) is 10.0 Å². The van der Waals surface area contributed by atoms with Gasteiger partial charge in [-0.1, -0.05) is 13.8 Å². The molecule has 6 heteroatoms. The van der Waals surface area contributed by atoms with Gasteiger partial charge >= 0.3 is 0 Å². The molecule has 0 amide bonds. The van der Waals surface area contributed by atoms with Crippen molar-refractivity contribution in [2.75, 3.05) is 19.3 Å². The Bertz CT molecular complexity index is 465. The molecule has 5 nitrogen and oxygen atoms in total. The molecular weight excluding hydrogens is 252 g/mol. The van der Waals surface area contributed by atoms with Crippen molar-refractivity contribution in [3.63, 3.8) is 0 Å². The first-order valence-electron chi connectivity index (χ1n) is 6.04. The Labute approximate surface area is 109 Å². The minimum Gasteiger partial charge on any atom is -0.465 e. The van der Waals surface area contributed by atoms with Crippen molar-refractivity contribution in [1.82, 2.24) is 9.62 Å². The molecule has 0 aliphatic carbocycles. The maximum atomic E-state index is 12.0. The van der Waals surface area contributed by atoms with Crippen LogP contribution in [-0.2, 0) is 16.6 Å². The number of furan rings is 1. The second-order valence-electron chi connectivity index (χ2n) is 4.69. The quantitative estimate of drug-likeness (QED) is 0.815. The molecule has 1 aromatic rings. The predicted molar refractivity (Wildman–Crippen MR) is 71.8 cm³/mol. The normalized spacial score (nSPS) is 12.6. The van der Waals surface area contributed by atoms with E-state index in [-0.39, 0.29) is 12.3 Å². The van der Waals surface area contributed by atoms with Gasteiger partial charge in [-0.15, -0.1) is 0 Å². The lowest BCUT2D eigenvalue weighted by atomic mass is 10.4. The van der Waals surface area contributed by atoms with Gasteiger partial charge in [-0.2, -0.15) is 4.31 Å². The summed E-state index contributed by atoms with van der Waals surface area (Å²) in [5, 5.41) is 3.10. The van der Waals surface area contributed by atoms with Crippen LogP contribution in [0.2, 0.25) is 0 Å². The highest BCUT2D eigenvalue weighted by Crippen LogP contribution is 2.11. The molecule has 1 heterocycles. The summed E-state index contributed by atoms with van der Waals surface area (Å²) in [6.45, 7) is 6.55. The van der Waals surface area contributed by atoms with Gasteiger partial charge in [0, 0.05) is 19.6 Å². The van der Waals surface area contributed by atoms with E-state index < -0.39 is 10.0 Å². The van der Waals surface area contributed by atoms with Crippen molar-refractivity contribution in [2.45, 2.75) is 33.4 Å². The second kappa shape index (κ2) is 6.36. The summed E-state index contributed by atoms with van der Waals surface area (Å²) in [6.07, 6.45) is 0. The highest BCUT2D eigenvalue weighted by molar-refractivity contribution is 7.89. The van der Waals surface area contributed by atoms with Gasteiger partial charge in [0.05, 0.1) is 12.3 Å². The third-order valence-corrected chi connectivity index (χ3v) is 4.36. The van der Waals surface area contributed by atoms with Crippen LogP contribution >= 0.6 is 0 Å². The average Bonchev–Trinajstić information content (AvgIpc) is 2.63. The number of nitrogens with one attached hydrogen (secondary N) is 1. The average molecular weight is 274 g/mol. The Balaban J connectivity index is 2.51.